The Kier molecular flexibility index (Phi) is 5.18. The predicted octanol–water partition coefficient (Wildman–Crippen LogP) is 4.55. The summed E-state index contributed by atoms with van der Waals surface area (Å²) in [7, 11) is 0. The van der Waals surface area contributed by atoms with Crippen LogP contribution in [0.25, 0.3) is 0 Å². The van der Waals surface area contributed by atoms with Gasteiger partial charge < -0.3 is 14.9 Å². The standard InChI is InChI=1S/C19H21FN2O2S/c1-13-12-22(19(23)24)14(2)11-21(13)17-5-3-4-6-18(17)25-16-9-7-15(20)8-10-16/h3-10,13-14H,11-12H2,1-2H3,(H,23,24). The molecule has 1 aliphatic heterocycles. The molecule has 2 aromatic rings. The van der Waals surface area contributed by atoms with Crippen molar-refractivity contribution < 1.29 is 14.3 Å². The number of nitrogens with zero attached hydrogens (tertiary/aromatic N) is 2. The summed E-state index contributed by atoms with van der Waals surface area (Å²) in [6.07, 6.45) is -0.868. The van der Waals surface area contributed by atoms with Crippen LogP contribution in [0.5, 0.6) is 0 Å². The zero-order valence-electron chi connectivity index (χ0n) is 14.2. The molecule has 0 aromatic heterocycles. The van der Waals surface area contributed by atoms with Gasteiger partial charge in [0.15, 0.2) is 0 Å². The second-order valence-electron chi connectivity index (χ2n) is 6.31. The van der Waals surface area contributed by atoms with Gasteiger partial charge in [-0.1, -0.05) is 23.9 Å². The average Bonchev–Trinajstić information content (AvgIpc) is 2.59. The van der Waals surface area contributed by atoms with E-state index in [2.05, 4.69) is 11.0 Å². The van der Waals surface area contributed by atoms with Gasteiger partial charge in [0.25, 0.3) is 0 Å². The summed E-state index contributed by atoms with van der Waals surface area (Å²) in [6.45, 7) is 5.10. The zero-order chi connectivity index (χ0) is 18.0. The van der Waals surface area contributed by atoms with Crippen molar-refractivity contribution >= 4 is 23.5 Å². The normalized spacial score (nSPS) is 20.6. The molecule has 6 heteroatoms. The van der Waals surface area contributed by atoms with Gasteiger partial charge >= 0.3 is 6.09 Å². The molecule has 3 rings (SSSR count). The van der Waals surface area contributed by atoms with Gasteiger partial charge in [0, 0.05) is 35.0 Å². The Morgan fingerprint density at radius 1 is 1.08 bits per heavy atom. The summed E-state index contributed by atoms with van der Waals surface area (Å²) in [6, 6.07) is 14.6. The van der Waals surface area contributed by atoms with Crippen LogP contribution in [0.4, 0.5) is 14.9 Å². The summed E-state index contributed by atoms with van der Waals surface area (Å²) in [4.78, 5) is 17.2. The number of rotatable bonds is 3. The maximum Gasteiger partial charge on any atom is 0.407 e. The van der Waals surface area contributed by atoms with Crippen molar-refractivity contribution in [2.24, 2.45) is 0 Å². The van der Waals surface area contributed by atoms with Gasteiger partial charge in [-0.25, -0.2) is 9.18 Å². The molecule has 132 valence electrons. The largest absolute Gasteiger partial charge is 0.465 e. The van der Waals surface area contributed by atoms with Crippen molar-refractivity contribution in [1.82, 2.24) is 4.90 Å². The van der Waals surface area contributed by atoms with Crippen LogP contribution >= 0.6 is 11.8 Å². The van der Waals surface area contributed by atoms with E-state index in [0.29, 0.717) is 13.1 Å². The summed E-state index contributed by atoms with van der Waals surface area (Å²) in [5, 5.41) is 9.33. The number of amides is 1. The number of para-hydroxylation sites is 1. The van der Waals surface area contributed by atoms with E-state index in [-0.39, 0.29) is 17.9 Å². The molecule has 0 bridgehead atoms. The van der Waals surface area contributed by atoms with E-state index in [0.717, 1.165) is 15.5 Å². The Labute approximate surface area is 151 Å². The highest BCUT2D eigenvalue weighted by Gasteiger charge is 2.32. The fourth-order valence-electron chi connectivity index (χ4n) is 3.14. The first kappa shape index (κ1) is 17.6. The lowest BCUT2D eigenvalue weighted by atomic mass is 10.1. The van der Waals surface area contributed by atoms with Gasteiger partial charge in [-0.05, 0) is 50.2 Å². The number of carboxylic acid groups (broad SMARTS) is 1. The van der Waals surface area contributed by atoms with Crippen LogP contribution < -0.4 is 4.90 Å². The van der Waals surface area contributed by atoms with Gasteiger partial charge in [-0.3, -0.25) is 0 Å². The smallest absolute Gasteiger partial charge is 0.407 e. The molecule has 1 saturated heterocycles. The molecule has 0 saturated carbocycles. The van der Waals surface area contributed by atoms with E-state index in [1.165, 1.54) is 17.0 Å². The molecule has 2 aromatic carbocycles. The van der Waals surface area contributed by atoms with Crippen LogP contribution in [0.3, 0.4) is 0 Å². The zero-order valence-corrected chi connectivity index (χ0v) is 15.0. The number of anilines is 1. The number of piperazine rings is 1. The minimum atomic E-state index is -0.868. The van der Waals surface area contributed by atoms with Crippen molar-refractivity contribution in [2.75, 3.05) is 18.0 Å². The van der Waals surface area contributed by atoms with Gasteiger partial charge in [-0.15, -0.1) is 0 Å². The lowest BCUT2D eigenvalue weighted by Crippen LogP contribution is -2.58. The molecule has 1 amide bonds. The van der Waals surface area contributed by atoms with E-state index >= 15 is 0 Å². The molecular weight excluding hydrogens is 339 g/mol. The monoisotopic (exact) mass is 360 g/mol. The first-order valence-electron chi connectivity index (χ1n) is 8.24. The maximum absolute atomic E-state index is 13.1. The molecule has 1 fully saturated rings. The van der Waals surface area contributed by atoms with E-state index in [9.17, 15) is 14.3 Å². The highest BCUT2D eigenvalue weighted by Crippen LogP contribution is 2.37. The van der Waals surface area contributed by atoms with Crippen molar-refractivity contribution in [2.45, 2.75) is 35.7 Å². The van der Waals surface area contributed by atoms with Crippen LogP contribution in [0.15, 0.2) is 58.3 Å². The highest BCUT2D eigenvalue weighted by atomic mass is 32.2. The highest BCUT2D eigenvalue weighted by molar-refractivity contribution is 7.99. The van der Waals surface area contributed by atoms with Crippen molar-refractivity contribution in [3.05, 3.63) is 54.3 Å². The Morgan fingerprint density at radius 2 is 1.76 bits per heavy atom. The van der Waals surface area contributed by atoms with Crippen LogP contribution in [0, 0.1) is 5.82 Å². The number of hydrogen-bond acceptors (Lipinski definition) is 3. The average molecular weight is 360 g/mol. The SMILES string of the molecule is CC1CN(c2ccccc2Sc2ccc(F)cc2)C(C)CN1C(=O)O. The van der Waals surface area contributed by atoms with Crippen LogP contribution in [-0.4, -0.2) is 41.3 Å². The van der Waals surface area contributed by atoms with Crippen molar-refractivity contribution in [1.29, 1.82) is 0 Å². The maximum atomic E-state index is 13.1. The van der Waals surface area contributed by atoms with Gasteiger partial charge in [0.2, 0.25) is 0 Å². The van der Waals surface area contributed by atoms with Crippen LogP contribution in [0.2, 0.25) is 0 Å². The minimum Gasteiger partial charge on any atom is -0.465 e. The topological polar surface area (TPSA) is 43.8 Å². The Morgan fingerprint density at radius 3 is 2.44 bits per heavy atom. The lowest BCUT2D eigenvalue weighted by molar-refractivity contribution is 0.114. The third-order valence-electron chi connectivity index (χ3n) is 4.45. The number of carbonyl (C=O) groups is 1. The first-order chi connectivity index (χ1) is 12.0. The fourth-order valence-corrected chi connectivity index (χ4v) is 4.10. The van der Waals surface area contributed by atoms with Gasteiger partial charge in [-0.2, -0.15) is 0 Å². The Bertz CT molecular complexity index is 753. The number of benzene rings is 2. The van der Waals surface area contributed by atoms with Crippen LogP contribution in [0.1, 0.15) is 13.8 Å². The van der Waals surface area contributed by atoms with E-state index in [4.69, 9.17) is 0 Å². The third-order valence-corrected chi connectivity index (χ3v) is 5.52. The molecule has 1 N–H and O–H groups in total. The molecular formula is C19H21FN2O2S. The summed E-state index contributed by atoms with van der Waals surface area (Å²) < 4.78 is 13.1. The van der Waals surface area contributed by atoms with Crippen molar-refractivity contribution in [3.63, 3.8) is 0 Å². The molecule has 0 spiro atoms. The van der Waals surface area contributed by atoms with Gasteiger partial charge in [0.1, 0.15) is 5.82 Å². The molecule has 25 heavy (non-hydrogen) atoms. The second-order valence-corrected chi connectivity index (χ2v) is 7.42. The fraction of sp³-hybridized carbons (Fsp3) is 0.316. The molecule has 1 heterocycles. The summed E-state index contributed by atoms with van der Waals surface area (Å²) in [5.41, 5.74) is 1.08. The Hall–Kier alpha value is -2.21. The minimum absolute atomic E-state index is 0.0717. The Balaban J connectivity index is 1.85. The van der Waals surface area contributed by atoms with Gasteiger partial charge in [0.05, 0.1) is 5.69 Å². The third kappa shape index (κ3) is 3.90. The van der Waals surface area contributed by atoms with Crippen molar-refractivity contribution in [3.8, 4) is 0 Å². The molecule has 0 radical (unpaired) electrons. The second kappa shape index (κ2) is 7.35. The first-order valence-corrected chi connectivity index (χ1v) is 9.06. The molecule has 1 aliphatic rings. The molecule has 2 unspecified atom stereocenters. The summed E-state index contributed by atoms with van der Waals surface area (Å²) in [5.74, 6) is -0.245. The number of halogens is 1. The predicted molar refractivity (Wildman–Crippen MR) is 98.0 cm³/mol. The summed E-state index contributed by atoms with van der Waals surface area (Å²) >= 11 is 1.59. The van der Waals surface area contributed by atoms with E-state index in [1.807, 2.05) is 32.0 Å². The lowest BCUT2D eigenvalue weighted by Gasteiger charge is -2.44. The molecule has 0 aliphatic carbocycles. The van der Waals surface area contributed by atoms with Crippen LogP contribution in [-0.2, 0) is 0 Å². The molecule has 2 atom stereocenters. The molecule has 4 nitrogen and oxygen atoms in total. The number of hydrogen-bond donors (Lipinski definition) is 1. The quantitative estimate of drug-likeness (QED) is 0.872. The van der Waals surface area contributed by atoms with E-state index in [1.54, 1.807) is 23.9 Å². The van der Waals surface area contributed by atoms with E-state index < -0.39 is 6.09 Å².